The second kappa shape index (κ2) is 7.01. The van der Waals surface area contributed by atoms with E-state index in [0.717, 1.165) is 0 Å². The lowest BCUT2D eigenvalue weighted by atomic mass is 10.1. The molecule has 0 atom stereocenters. The fourth-order valence-corrected chi connectivity index (χ4v) is 2.35. The molecule has 0 spiro atoms. The Labute approximate surface area is 142 Å². The Morgan fingerprint density at radius 3 is 2.32 bits per heavy atom. The summed E-state index contributed by atoms with van der Waals surface area (Å²) in [5.74, 6) is -0.325. The molecule has 0 aromatic heterocycles. The minimum Gasteiger partial charge on any atom is -0.508 e. The Kier molecular flexibility index (Phi) is 5.29. The van der Waals surface area contributed by atoms with Crippen LogP contribution in [0.25, 0.3) is 0 Å². The predicted molar refractivity (Wildman–Crippen MR) is 89.3 cm³/mol. The highest BCUT2D eigenvalue weighted by atomic mass is 35.5. The lowest BCUT2D eigenvalue weighted by Crippen LogP contribution is -2.19. The zero-order valence-corrected chi connectivity index (χ0v) is 13.7. The molecule has 2 N–H and O–H groups in total. The molecule has 0 fully saturated rings. The van der Waals surface area contributed by atoms with Crippen LogP contribution in [0.1, 0.15) is 22.8 Å². The van der Waals surface area contributed by atoms with Crippen LogP contribution in [-0.4, -0.2) is 16.7 Å². The maximum absolute atomic E-state index is 11.9. The smallest absolute Gasteiger partial charge is 0.271 e. The molecule has 0 unspecified atom stereocenters. The number of nitrogens with zero attached hydrogens (tertiary/aromatic N) is 1. The number of aromatic hydroxyl groups is 1. The zero-order chi connectivity index (χ0) is 16.3. The number of carbonyl (C=O) groups is 1. The summed E-state index contributed by atoms with van der Waals surface area (Å²) >= 11 is 17.9. The average molecular weight is 358 g/mol. The number of amides is 1. The van der Waals surface area contributed by atoms with Crippen LogP contribution in [0.15, 0.2) is 41.5 Å². The van der Waals surface area contributed by atoms with Crippen molar-refractivity contribution in [2.75, 3.05) is 0 Å². The molecule has 114 valence electrons. The van der Waals surface area contributed by atoms with E-state index in [2.05, 4.69) is 10.5 Å². The fourth-order valence-electron chi connectivity index (χ4n) is 1.68. The largest absolute Gasteiger partial charge is 0.508 e. The molecule has 0 aliphatic carbocycles. The van der Waals surface area contributed by atoms with Crippen LogP contribution >= 0.6 is 34.8 Å². The van der Waals surface area contributed by atoms with E-state index in [1.165, 1.54) is 24.3 Å². The van der Waals surface area contributed by atoms with Crippen LogP contribution in [0.2, 0.25) is 15.1 Å². The van der Waals surface area contributed by atoms with Crippen LogP contribution in [0, 0.1) is 0 Å². The quantitative estimate of drug-likeness (QED) is 0.482. The number of hydrogen-bond acceptors (Lipinski definition) is 3. The number of hydrazone groups is 1. The molecule has 0 heterocycles. The van der Waals surface area contributed by atoms with Gasteiger partial charge in [0.05, 0.1) is 20.8 Å². The number of phenols is 1. The van der Waals surface area contributed by atoms with Crippen molar-refractivity contribution >= 4 is 46.4 Å². The topological polar surface area (TPSA) is 61.7 Å². The van der Waals surface area contributed by atoms with Gasteiger partial charge in [-0.05, 0) is 37.3 Å². The van der Waals surface area contributed by atoms with E-state index in [1.807, 2.05) is 0 Å². The Hall–Kier alpha value is -1.75. The van der Waals surface area contributed by atoms with Crippen LogP contribution in [0.5, 0.6) is 5.75 Å². The summed E-state index contributed by atoms with van der Waals surface area (Å²) in [6, 6.07) is 9.08. The van der Waals surface area contributed by atoms with Gasteiger partial charge >= 0.3 is 0 Å². The first-order chi connectivity index (χ1) is 10.4. The van der Waals surface area contributed by atoms with Crippen molar-refractivity contribution in [3.63, 3.8) is 0 Å². The van der Waals surface area contributed by atoms with Crippen LogP contribution in [0.3, 0.4) is 0 Å². The van der Waals surface area contributed by atoms with Gasteiger partial charge in [0.2, 0.25) is 0 Å². The van der Waals surface area contributed by atoms with Gasteiger partial charge in [-0.3, -0.25) is 4.79 Å². The molecule has 1 amide bonds. The summed E-state index contributed by atoms with van der Waals surface area (Å²) in [7, 11) is 0. The standard InChI is InChI=1S/C15H11Cl3N2O2/c1-8(11-6-7-12(16)14(18)13(11)17)19-20-15(22)9-2-4-10(21)5-3-9/h2-7,21H,1H3,(H,20,22)/b19-8-. The van der Waals surface area contributed by atoms with E-state index in [-0.39, 0.29) is 15.8 Å². The summed E-state index contributed by atoms with van der Waals surface area (Å²) in [6.07, 6.45) is 0. The second-order valence-electron chi connectivity index (χ2n) is 4.41. The molecule has 7 heteroatoms. The maximum Gasteiger partial charge on any atom is 0.271 e. The van der Waals surface area contributed by atoms with Gasteiger partial charge in [0.1, 0.15) is 5.75 Å². The molecule has 22 heavy (non-hydrogen) atoms. The number of phenolic OH excluding ortho intramolecular Hbond substituents is 1. The number of nitrogens with one attached hydrogen (secondary N) is 1. The van der Waals surface area contributed by atoms with E-state index < -0.39 is 5.91 Å². The highest BCUT2D eigenvalue weighted by Gasteiger charge is 2.11. The fraction of sp³-hybridized carbons (Fsp3) is 0.0667. The molecule has 2 aromatic rings. The molecule has 2 rings (SSSR count). The van der Waals surface area contributed by atoms with Crippen molar-refractivity contribution in [2.45, 2.75) is 6.92 Å². The van der Waals surface area contributed by atoms with Crippen LogP contribution < -0.4 is 5.43 Å². The number of carbonyl (C=O) groups excluding carboxylic acids is 1. The maximum atomic E-state index is 11.9. The van der Waals surface area contributed by atoms with Gasteiger partial charge < -0.3 is 5.11 Å². The van der Waals surface area contributed by atoms with Gasteiger partial charge in [-0.1, -0.05) is 40.9 Å². The third-order valence-corrected chi connectivity index (χ3v) is 4.17. The molecule has 0 bridgehead atoms. The molecule has 0 saturated heterocycles. The molecule has 0 aliphatic rings. The van der Waals surface area contributed by atoms with Crippen molar-refractivity contribution in [3.05, 3.63) is 62.6 Å². The van der Waals surface area contributed by atoms with Gasteiger partial charge in [0.15, 0.2) is 0 Å². The molecule has 4 nitrogen and oxygen atoms in total. The minimum absolute atomic E-state index is 0.0822. The highest BCUT2D eigenvalue weighted by molar-refractivity contribution is 6.49. The first kappa shape index (κ1) is 16.6. The molecule has 2 aromatic carbocycles. The highest BCUT2D eigenvalue weighted by Crippen LogP contribution is 2.32. The third kappa shape index (κ3) is 3.71. The van der Waals surface area contributed by atoms with Crippen LogP contribution in [-0.2, 0) is 0 Å². The Morgan fingerprint density at radius 1 is 1.05 bits per heavy atom. The Balaban J connectivity index is 2.18. The van der Waals surface area contributed by atoms with E-state index in [4.69, 9.17) is 34.8 Å². The molecule has 0 aliphatic heterocycles. The normalized spacial score (nSPS) is 11.4. The Bertz CT molecular complexity index is 743. The SMILES string of the molecule is C/C(=N/NC(=O)c1ccc(O)cc1)c1ccc(Cl)c(Cl)c1Cl. The summed E-state index contributed by atoms with van der Waals surface area (Å²) < 4.78 is 0. The van der Waals surface area contributed by atoms with Crippen molar-refractivity contribution in [1.29, 1.82) is 0 Å². The van der Waals surface area contributed by atoms with Gasteiger partial charge in [-0.2, -0.15) is 5.10 Å². The van der Waals surface area contributed by atoms with Gasteiger partial charge in [-0.25, -0.2) is 5.43 Å². The number of halogens is 3. The van der Waals surface area contributed by atoms with E-state index in [9.17, 15) is 9.90 Å². The van der Waals surface area contributed by atoms with E-state index in [1.54, 1.807) is 19.1 Å². The van der Waals surface area contributed by atoms with Crippen molar-refractivity contribution in [2.24, 2.45) is 5.10 Å². The van der Waals surface area contributed by atoms with Gasteiger partial charge in [0, 0.05) is 11.1 Å². The van der Waals surface area contributed by atoms with Crippen LogP contribution in [0.4, 0.5) is 0 Å². The van der Waals surface area contributed by atoms with Crippen molar-refractivity contribution < 1.29 is 9.90 Å². The summed E-state index contributed by atoms with van der Waals surface area (Å²) in [5.41, 5.74) is 3.83. The van der Waals surface area contributed by atoms with E-state index in [0.29, 0.717) is 21.9 Å². The second-order valence-corrected chi connectivity index (χ2v) is 5.57. The lowest BCUT2D eigenvalue weighted by Gasteiger charge is -2.07. The monoisotopic (exact) mass is 356 g/mol. The van der Waals surface area contributed by atoms with Gasteiger partial charge in [0.25, 0.3) is 5.91 Å². The minimum atomic E-state index is -0.407. The predicted octanol–water partition coefficient (Wildman–Crippen LogP) is 4.51. The summed E-state index contributed by atoms with van der Waals surface area (Å²) in [4.78, 5) is 11.9. The lowest BCUT2D eigenvalue weighted by molar-refractivity contribution is 0.0955. The molecule has 0 saturated carbocycles. The number of rotatable bonds is 3. The molecular weight excluding hydrogens is 347 g/mol. The average Bonchev–Trinajstić information content (AvgIpc) is 2.51. The van der Waals surface area contributed by atoms with Gasteiger partial charge in [-0.15, -0.1) is 0 Å². The van der Waals surface area contributed by atoms with Crippen molar-refractivity contribution in [3.8, 4) is 5.75 Å². The molecular formula is C15H11Cl3N2O2. The first-order valence-corrected chi connectivity index (χ1v) is 7.31. The summed E-state index contributed by atoms with van der Waals surface area (Å²) in [5, 5.41) is 14.0. The summed E-state index contributed by atoms with van der Waals surface area (Å²) in [6.45, 7) is 1.68. The third-order valence-electron chi connectivity index (χ3n) is 2.88. The zero-order valence-electron chi connectivity index (χ0n) is 11.4. The van der Waals surface area contributed by atoms with Crippen molar-refractivity contribution in [1.82, 2.24) is 5.43 Å². The first-order valence-electron chi connectivity index (χ1n) is 6.17. The number of benzene rings is 2. The molecule has 0 radical (unpaired) electrons. The Morgan fingerprint density at radius 2 is 1.68 bits per heavy atom. The number of hydrogen-bond donors (Lipinski definition) is 2. The van der Waals surface area contributed by atoms with E-state index >= 15 is 0 Å².